The van der Waals surface area contributed by atoms with Gasteiger partial charge in [0, 0.05) is 15.1 Å². The Hall–Kier alpha value is -1.32. The number of aromatic amines is 1. The quantitative estimate of drug-likeness (QED) is 0.703. The van der Waals surface area contributed by atoms with Crippen LogP contribution in [0, 0.1) is 0 Å². The fourth-order valence-corrected chi connectivity index (χ4v) is 3.33. The van der Waals surface area contributed by atoms with Gasteiger partial charge < -0.3 is 10.1 Å². The topological polar surface area (TPSA) is 99.3 Å². The maximum Gasteiger partial charge on any atom is 0.352 e. The molecule has 0 saturated heterocycles. The van der Waals surface area contributed by atoms with Crippen molar-refractivity contribution in [2.45, 2.75) is 4.90 Å². The average Bonchev–Trinajstić information content (AvgIpc) is 2.84. The zero-order valence-corrected chi connectivity index (χ0v) is 13.7. The Bertz CT molecular complexity index is 770. The van der Waals surface area contributed by atoms with Crippen LogP contribution in [0.2, 0.25) is 0 Å². The van der Waals surface area contributed by atoms with E-state index < -0.39 is 16.0 Å². The van der Waals surface area contributed by atoms with Crippen LogP contribution < -0.4 is 4.72 Å². The van der Waals surface area contributed by atoms with Crippen molar-refractivity contribution >= 4 is 53.5 Å². The minimum absolute atomic E-state index is 0.151. The lowest BCUT2D eigenvalue weighted by Gasteiger charge is -2.08. The first-order chi connectivity index (χ1) is 9.29. The normalized spacial score (nSPS) is 11.3. The summed E-state index contributed by atoms with van der Waals surface area (Å²) in [6.07, 6.45) is 1.12. The van der Waals surface area contributed by atoms with Gasteiger partial charge in [-0.15, -0.1) is 0 Å². The lowest BCUT2D eigenvalue weighted by Crippen LogP contribution is -2.12. The summed E-state index contributed by atoms with van der Waals surface area (Å²) in [6, 6.07) is 6.07. The summed E-state index contributed by atoms with van der Waals surface area (Å²) >= 11 is 6.48. The highest BCUT2D eigenvalue weighted by Crippen LogP contribution is 2.28. The maximum absolute atomic E-state index is 12.1. The van der Waals surface area contributed by atoms with Gasteiger partial charge in [0.25, 0.3) is 10.0 Å². The average molecular weight is 424 g/mol. The Morgan fingerprint density at radius 2 is 1.95 bits per heavy atom. The molecule has 0 bridgehead atoms. The molecule has 2 aromatic rings. The van der Waals surface area contributed by atoms with Gasteiger partial charge in [0.05, 0.1) is 5.69 Å². The highest BCUT2D eigenvalue weighted by atomic mass is 79.9. The number of aromatic nitrogens is 1. The Labute approximate surface area is 131 Å². The van der Waals surface area contributed by atoms with Crippen LogP contribution in [0.3, 0.4) is 0 Å². The molecule has 0 amide bonds. The molecule has 0 atom stereocenters. The molecule has 0 saturated carbocycles. The van der Waals surface area contributed by atoms with E-state index in [1.165, 1.54) is 0 Å². The summed E-state index contributed by atoms with van der Waals surface area (Å²) in [7, 11) is -3.86. The van der Waals surface area contributed by atoms with Gasteiger partial charge in [-0.1, -0.05) is 15.9 Å². The van der Waals surface area contributed by atoms with Gasteiger partial charge >= 0.3 is 5.97 Å². The number of anilines is 1. The molecule has 0 unspecified atom stereocenters. The van der Waals surface area contributed by atoms with Crippen LogP contribution in [0.4, 0.5) is 5.69 Å². The minimum Gasteiger partial charge on any atom is -0.477 e. The number of nitrogens with one attached hydrogen (secondary N) is 2. The molecule has 20 heavy (non-hydrogen) atoms. The number of carbonyl (C=O) groups is 1. The maximum atomic E-state index is 12.1. The fraction of sp³-hybridized carbons (Fsp3) is 0. The molecule has 0 aliphatic heterocycles. The third-order valence-corrected chi connectivity index (χ3v) is 4.90. The standard InChI is InChI=1S/C11H8Br2N2O4S/c12-6-1-2-8(13)9(3-6)15-20(18,19)7-4-10(11(16)17)14-5-7/h1-5,14-15H,(H,16,17). The molecule has 9 heteroatoms. The number of rotatable bonds is 4. The van der Waals surface area contributed by atoms with E-state index >= 15 is 0 Å². The molecule has 3 N–H and O–H groups in total. The first kappa shape index (κ1) is 15.1. The van der Waals surface area contributed by atoms with Crippen LogP contribution >= 0.6 is 31.9 Å². The lowest BCUT2D eigenvalue weighted by molar-refractivity contribution is 0.0691. The SMILES string of the molecule is O=C(O)c1cc(S(=O)(=O)Nc2cc(Br)ccc2Br)c[nH]1. The second-order valence-electron chi connectivity index (χ2n) is 3.78. The molecule has 0 aliphatic rings. The number of H-pyrrole nitrogens is 1. The van der Waals surface area contributed by atoms with Crippen LogP contribution in [0.5, 0.6) is 0 Å². The molecule has 6 nitrogen and oxygen atoms in total. The third-order valence-electron chi connectivity index (χ3n) is 2.37. The number of hydrogen-bond donors (Lipinski definition) is 3. The fourth-order valence-electron chi connectivity index (χ4n) is 1.43. The Morgan fingerprint density at radius 3 is 2.55 bits per heavy atom. The number of benzene rings is 1. The number of carboxylic acids is 1. The van der Waals surface area contributed by atoms with Crippen molar-refractivity contribution in [3.05, 3.63) is 45.1 Å². The van der Waals surface area contributed by atoms with Gasteiger partial charge in [0.2, 0.25) is 0 Å². The van der Waals surface area contributed by atoms with E-state index in [9.17, 15) is 13.2 Å². The lowest BCUT2D eigenvalue weighted by atomic mass is 10.3. The van der Waals surface area contributed by atoms with E-state index in [0.717, 1.165) is 12.3 Å². The number of hydrogen-bond acceptors (Lipinski definition) is 3. The summed E-state index contributed by atoms with van der Waals surface area (Å²) in [6.45, 7) is 0. The summed E-state index contributed by atoms with van der Waals surface area (Å²) in [5.41, 5.74) is 0.149. The number of aromatic carboxylic acids is 1. The molecule has 0 fully saturated rings. The first-order valence-electron chi connectivity index (χ1n) is 5.19. The summed E-state index contributed by atoms with van der Waals surface area (Å²) in [4.78, 5) is 13.0. The van der Waals surface area contributed by atoms with Crippen molar-refractivity contribution in [1.82, 2.24) is 4.98 Å². The summed E-state index contributed by atoms with van der Waals surface area (Å²) in [5.74, 6) is -1.23. The summed E-state index contributed by atoms with van der Waals surface area (Å²) in [5, 5.41) is 8.77. The van der Waals surface area contributed by atoms with Crippen LogP contribution in [-0.4, -0.2) is 24.5 Å². The third kappa shape index (κ3) is 3.22. The molecular weight excluding hydrogens is 416 g/mol. The zero-order valence-electron chi connectivity index (χ0n) is 9.72. The van der Waals surface area contributed by atoms with Crippen LogP contribution in [-0.2, 0) is 10.0 Å². The zero-order chi connectivity index (χ0) is 14.9. The van der Waals surface area contributed by atoms with E-state index in [4.69, 9.17) is 5.11 Å². The van der Waals surface area contributed by atoms with E-state index in [2.05, 4.69) is 41.6 Å². The predicted octanol–water partition coefficient (Wildman–Crippen LogP) is 3.04. The van der Waals surface area contributed by atoms with Crippen molar-refractivity contribution in [1.29, 1.82) is 0 Å². The van der Waals surface area contributed by atoms with Gasteiger partial charge in [0.15, 0.2) is 0 Å². The number of halogens is 2. The highest BCUT2D eigenvalue weighted by Gasteiger charge is 2.19. The Kier molecular flexibility index (Phi) is 4.21. The van der Waals surface area contributed by atoms with Crippen molar-refractivity contribution < 1.29 is 18.3 Å². The van der Waals surface area contributed by atoms with Crippen molar-refractivity contribution in [3.63, 3.8) is 0 Å². The van der Waals surface area contributed by atoms with Crippen LogP contribution in [0.1, 0.15) is 10.5 Å². The monoisotopic (exact) mass is 422 g/mol. The van der Waals surface area contributed by atoms with Gasteiger partial charge in [-0.05, 0) is 40.2 Å². The number of sulfonamides is 1. The number of carboxylic acid groups (broad SMARTS) is 1. The highest BCUT2D eigenvalue weighted by molar-refractivity contribution is 9.11. The van der Waals surface area contributed by atoms with Crippen molar-refractivity contribution in [2.75, 3.05) is 4.72 Å². The predicted molar refractivity (Wildman–Crippen MR) is 80.4 cm³/mol. The molecule has 0 radical (unpaired) electrons. The van der Waals surface area contributed by atoms with Gasteiger partial charge in [-0.25, -0.2) is 13.2 Å². The summed E-state index contributed by atoms with van der Waals surface area (Å²) < 4.78 is 27.9. The largest absolute Gasteiger partial charge is 0.477 e. The molecule has 106 valence electrons. The van der Waals surface area contributed by atoms with Crippen molar-refractivity contribution in [3.8, 4) is 0 Å². The Balaban J connectivity index is 2.35. The van der Waals surface area contributed by atoms with E-state index in [1.54, 1.807) is 18.2 Å². The minimum atomic E-state index is -3.86. The molecule has 2 rings (SSSR count). The van der Waals surface area contributed by atoms with Crippen LogP contribution in [0.15, 0.2) is 44.3 Å². The second-order valence-corrected chi connectivity index (χ2v) is 7.24. The van der Waals surface area contributed by atoms with Crippen molar-refractivity contribution in [2.24, 2.45) is 0 Å². The Morgan fingerprint density at radius 1 is 1.25 bits per heavy atom. The molecule has 1 aromatic heterocycles. The smallest absolute Gasteiger partial charge is 0.352 e. The molecular formula is C11H8Br2N2O4S. The first-order valence-corrected chi connectivity index (χ1v) is 8.26. The van der Waals surface area contributed by atoms with E-state index in [-0.39, 0.29) is 10.6 Å². The van der Waals surface area contributed by atoms with Crippen LogP contribution in [0.25, 0.3) is 0 Å². The molecule has 0 aliphatic carbocycles. The van der Waals surface area contributed by atoms with E-state index in [0.29, 0.717) is 14.6 Å². The molecule has 0 spiro atoms. The van der Waals surface area contributed by atoms with E-state index in [1.807, 2.05) is 0 Å². The van der Waals surface area contributed by atoms with Gasteiger partial charge in [-0.3, -0.25) is 4.72 Å². The van der Waals surface area contributed by atoms with Gasteiger partial charge in [-0.2, -0.15) is 0 Å². The second kappa shape index (κ2) is 5.58. The molecule has 1 heterocycles. The molecule has 1 aromatic carbocycles. The van der Waals surface area contributed by atoms with Gasteiger partial charge in [0.1, 0.15) is 10.6 Å².